The first-order valence-corrected chi connectivity index (χ1v) is 6.24. The number of aliphatic hydroxyl groups is 1. The molecular formula is C11H7BrCl2N2O. The number of rotatable bonds is 2. The van der Waals surface area contributed by atoms with Crippen LogP contribution in [0.5, 0.6) is 0 Å². The van der Waals surface area contributed by atoms with Crippen molar-refractivity contribution in [2.45, 2.75) is 6.10 Å². The monoisotopic (exact) mass is 332 g/mol. The lowest BCUT2D eigenvalue weighted by atomic mass is 10.0. The lowest BCUT2D eigenvalue weighted by molar-refractivity contribution is 0.219. The fourth-order valence-corrected chi connectivity index (χ4v) is 2.22. The Morgan fingerprint density at radius 2 is 2.06 bits per heavy atom. The van der Waals surface area contributed by atoms with Gasteiger partial charge in [-0.1, -0.05) is 39.7 Å². The first-order chi connectivity index (χ1) is 8.08. The summed E-state index contributed by atoms with van der Waals surface area (Å²) in [7, 11) is 0. The minimum atomic E-state index is -0.878. The van der Waals surface area contributed by atoms with Crippen molar-refractivity contribution in [3.63, 3.8) is 0 Å². The highest BCUT2D eigenvalue weighted by molar-refractivity contribution is 9.10. The van der Waals surface area contributed by atoms with Gasteiger partial charge in [0.1, 0.15) is 11.3 Å². The van der Waals surface area contributed by atoms with E-state index in [0.717, 1.165) is 4.47 Å². The fraction of sp³-hybridized carbons (Fsp3) is 0.0909. The summed E-state index contributed by atoms with van der Waals surface area (Å²) in [5.41, 5.74) is 1.13. The van der Waals surface area contributed by atoms with E-state index in [1.54, 1.807) is 12.1 Å². The maximum Gasteiger partial charge on any atom is 0.223 e. The Morgan fingerprint density at radius 3 is 2.71 bits per heavy atom. The molecule has 17 heavy (non-hydrogen) atoms. The topological polar surface area (TPSA) is 46.0 Å². The molecule has 6 heteroatoms. The van der Waals surface area contributed by atoms with Gasteiger partial charge in [0.05, 0.1) is 0 Å². The molecule has 1 aromatic carbocycles. The molecule has 0 spiro atoms. The van der Waals surface area contributed by atoms with Crippen LogP contribution in [0.2, 0.25) is 10.4 Å². The third-order valence-corrected chi connectivity index (χ3v) is 3.18. The predicted molar refractivity (Wildman–Crippen MR) is 70.3 cm³/mol. The Labute approximate surface area is 117 Å². The molecule has 0 aliphatic heterocycles. The van der Waals surface area contributed by atoms with E-state index in [4.69, 9.17) is 23.2 Å². The van der Waals surface area contributed by atoms with Crippen LogP contribution in [-0.2, 0) is 0 Å². The van der Waals surface area contributed by atoms with Crippen molar-refractivity contribution in [1.82, 2.24) is 9.97 Å². The average molecular weight is 334 g/mol. The van der Waals surface area contributed by atoms with Crippen molar-refractivity contribution in [3.05, 3.63) is 56.5 Å². The standard InChI is InChI=1S/C11H7BrCl2N2O/c12-7-3-1-2-6(4-7)9(17)8-5-15-11(14)16-10(8)13/h1-5,9,17H. The van der Waals surface area contributed by atoms with Crippen molar-refractivity contribution < 1.29 is 5.11 Å². The van der Waals surface area contributed by atoms with Gasteiger partial charge in [-0.25, -0.2) is 9.97 Å². The number of halogens is 3. The minimum absolute atomic E-state index is 0.0557. The second-order valence-electron chi connectivity index (χ2n) is 3.34. The molecule has 2 rings (SSSR count). The van der Waals surface area contributed by atoms with Gasteiger partial charge in [0.15, 0.2) is 0 Å². The molecule has 3 nitrogen and oxygen atoms in total. The highest BCUT2D eigenvalue weighted by Gasteiger charge is 2.16. The van der Waals surface area contributed by atoms with Gasteiger partial charge in [-0.2, -0.15) is 0 Å². The molecule has 1 unspecified atom stereocenters. The lowest BCUT2D eigenvalue weighted by Crippen LogP contribution is -2.02. The first-order valence-electron chi connectivity index (χ1n) is 4.69. The molecule has 0 fully saturated rings. The Hall–Kier alpha value is -0.680. The van der Waals surface area contributed by atoms with E-state index in [2.05, 4.69) is 25.9 Å². The molecule has 1 aromatic heterocycles. The molecule has 0 radical (unpaired) electrons. The van der Waals surface area contributed by atoms with Gasteiger partial charge in [-0.15, -0.1) is 0 Å². The highest BCUT2D eigenvalue weighted by Crippen LogP contribution is 2.28. The SMILES string of the molecule is OC(c1cccc(Br)c1)c1cnc(Cl)nc1Cl. The first kappa shape index (κ1) is 12.8. The summed E-state index contributed by atoms with van der Waals surface area (Å²) in [5.74, 6) is 0. The molecular weight excluding hydrogens is 327 g/mol. The molecule has 0 amide bonds. The Balaban J connectivity index is 2.40. The Bertz CT molecular complexity index is 551. The van der Waals surface area contributed by atoms with Gasteiger partial charge < -0.3 is 5.11 Å². The largest absolute Gasteiger partial charge is 0.383 e. The van der Waals surface area contributed by atoms with Gasteiger partial charge >= 0.3 is 0 Å². The van der Waals surface area contributed by atoms with Gasteiger partial charge in [0, 0.05) is 16.2 Å². The van der Waals surface area contributed by atoms with Crippen molar-refractivity contribution in [2.75, 3.05) is 0 Å². The number of hydrogen-bond acceptors (Lipinski definition) is 3. The second-order valence-corrected chi connectivity index (χ2v) is 4.95. The second kappa shape index (κ2) is 5.31. The van der Waals surface area contributed by atoms with E-state index >= 15 is 0 Å². The molecule has 0 aliphatic rings. The van der Waals surface area contributed by atoms with Crippen LogP contribution in [0.1, 0.15) is 17.2 Å². The zero-order valence-electron chi connectivity index (χ0n) is 8.44. The normalized spacial score (nSPS) is 12.5. The summed E-state index contributed by atoms with van der Waals surface area (Å²) in [6, 6.07) is 7.29. The molecule has 0 aliphatic carbocycles. The molecule has 0 saturated heterocycles. The predicted octanol–water partition coefficient (Wildman–Crippen LogP) is 3.63. The molecule has 1 heterocycles. The van der Waals surface area contributed by atoms with Crippen molar-refractivity contribution in [3.8, 4) is 0 Å². The molecule has 1 N–H and O–H groups in total. The fourth-order valence-electron chi connectivity index (χ4n) is 1.39. The quantitative estimate of drug-likeness (QED) is 0.674. The molecule has 2 aromatic rings. The zero-order chi connectivity index (χ0) is 12.4. The summed E-state index contributed by atoms with van der Waals surface area (Å²) >= 11 is 14.8. The van der Waals surface area contributed by atoms with E-state index in [1.165, 1.54) is 6.20 Å². The summed E-state index contributed by atoms with van der Waals surface area (Å²) in [6.07, 6.45) is 0.542. The third-order valence-electron chi connectivity index (χ3n) is 2.20. The summed E-state index contributed by atoms with van der Waals surface area (Å²) in [6.45, 7) is 0. The average Bonchev–Trinajstić information content (AvgIpc) is 2.28. The number of hydrogen-bond donors (Lipinski definition) is 1. The van der Waals surface area contributed by atoms with Gasteiger partial charge in [-0.05, 0) is 29.3 Å². The van der Waals surface area contributed by atoms with E-state index in [1.807, 2.05) is 12.1 Å². The summed E-state index contributed by atoms with van der Waals surface area (Å²) < 4.78 is 0.875. The van der Waals surface area contributed by atoms with E-state index < -0.39 is 6.10 Å². The maximum atomic E-state index is 10.2. The number of benzene rings is 1. The molecule has 0 saturated carbocycles. The van der Waals surface area contributed by atoms with E-state index in [9.17, 15) is 5.11 Å². The van der Waals surface area contributed by atoms with Crippen LogP contribution in [0.25, 0.3) is 0 Å². The van der Waals surface area contributed by atoms with Crippen LogP contribution < -0.4 is 0 Å². The van der Waals surface area contributed by atoms with Gasteiger partial charge in [-0.3, -0.25) is 0 Å². The van der Waals surface area contributed by atoms with Crippen LogP contribution in [0.4, 0.5) is 0 Å². The smallest absolute Gasteiger partial charge is 0.223 e. The number of aromatic nitrogens is 2. The van der Waals surface area contributed by atoms with E-state index in [-0.39, 0.29) is 10.4 Å². The number of nitrogens with zero attached hydrogens (tertiary/aromatic N) is 2. The van der Waals surface area contributed by atoms with Crippen molar-refractivity contribution >= 4 is 39.1 Å². The number of aliphatic hydroxyl groups excluding tert-OH is 1. The van der Waals surface area contributed by atoms with Crippen LogP contribution in [-0.4, -0.2) is 15.1 Å². The van der Waals surface area contributed by atoms with Crippen LogP contribution in [0, 0.1) is 0 Å². The van der Waals surface area contributed by atoms with Crippen molar-refractivity contribution in [2.24, 2.45) is 0 Å². The minimum Gasteiger partial charge on any atom is -0.383 e. The van der Waals surface area contributed by atoms with Gasteiger partial charge in [0.25, 0.3) is 0 Å². The summed E-state index contributed by atoms with van der Waals surface area (Å²) in [4.78, 5) is 7.60. The van der Waals surface area contributed by atoms with Crippen LogP contribution in [0.3, 0.4) is 0 Å². The van der Waals surface area contributed by atoms with Gasteiger partial charge in [0.2, 0.25) is 5.28 Å². The van der Waals surface area contributed by atoms with Crippen LogP contribution >= 0.6 is 39.1 Å². The van der Waals surface area contributed by atoms with E-state index in [0.29, 0.717) is 11.1 Å². The Morgan fingerprint density at radius 1 is 1.29 bits per heavy atom. The van der Waals surface area contributed by atoms with Crippen molar-refractivity contribution in [1.29, 1.82) is 0 Å². The Kier molecular flexibility index (Phi) is 3.99. The molecule has 88 valence electrons. The highest BCUT2D eigenvalue weighted by atomic mass is 79.9. The maximum absolute atomic E-state index is 10.2. The third kappa shape index (κ3) is 2.96. The van der Waals surface area contributed by atoms with Crippen LogP contribution in [0.15, 0.2) is 34.9 Å². The summed E-state index contributed by atoms with van der Waals surface area (Å²) in [5, 5.41) is 10.4. The molecule has 1 atom stereocenters. The molecule has 0 bridgehead atoms. The lowest BCUT2D eigenvalue weighted by Gasteiger charge is -2.12. The zero-order valence-corrected chi connectivity index (χ0v) is 11.5.